The molecule has 3 heteroatoms. The first kappa shape index (κ1) is 8.56. The van der Waals surface area contributed by atoms with Crippen LogP contribution < -0.4 is 11.3 Å². The molecule has 2 aliphatic rings. The van der Waals surface area contributed by atoms with Crippen LogP contribution in [0.25, 0.3) is 5.70 Å². The Morgan fingerprint density at radius 1 is 1.20 bits per heavy atom. The van der Waals surface area contributed by atoms with Crippen LogP contribution in [0.4, 0.5) is 0 Å². The number of nitrogens with one attached hydrogen (secondary N) is 1. The summed E-state index contributed by atoms with van der Waals surface area (Å²) in [7, 11) is 0. The highest BCUT2D eigenvalue weighted by molar-refractivity contribution is 5.74. The molecule has 0 aromatic heterocycles. The number of fused-ring (bicyclic) bond motifs is 2. The van der Waals surface area contributed by atoms with E-state index < -0.39 is 0 Å². The number of hydrazine groups is 2. The van der Waals surface area contributed by atoms with E-state index in [0.717, 1.165) is 18.5 Å². The van der Waals surface area contributed by atoms with E-state index in [-0.39, 0.29) is 0 Å². The Hall–Kier alpha value is -1.74. The minimum atomic E-state index is 1.09. The Balaban J connectivity index is 2.14. The maximum atomic E-state index is 5.70. The van der Waals surface area contributed by atoms with E-state index in [1.54, 1.807) is 0 Å². The maximum absolute atomic E-state index is 5.70. The molecule has 1 heterocycles. The summed E-state index contributed by atoms with van der Waals surface area (Å²) >= 11 is 0. The molecule has 1 aromatic rings. The van der Waals surface area contributed by atoms with Gasteiger partial charge in [0.2, 0.25) is 0 Å². The van der Waals surface area contributed by atoms with Gasteiger partial charge in [0, 0.05) is 11.8 Å². The van der Waals surface area contributed by atoms with Crippen molar-refractivity contribution in [3.8, 4) is 0 Å². The molecule has 0 saturated heterocycles. The predicted molar refractivity (Wildman–Crippen MR) is 60.0 cm³/mol. The van der Waals surface area contributed by atoms with E-state index in [0.29, 0.717) is 0 Å². The molecule has 0 fully saturated rings. The van der Waals surface area contributed by atoms with Crippen LogP contribution in [0.15, 0.2) is 42.1 Å². The fourth-order valence-corrected chi connectivity index (χ4v) is 2.18. The zero-order valence-corrected chi connectivity index (χ0v) is 8.40. The van der Waals surface area contributed by atoms with Crippen molar-refractivity contribution in [2.45, 2.75) is 12.8 Å². The fraction of sp³-hybridized carbons (Fsp3) is 0.167. The highest BCUT2D eigenvalue weighted by atomic mass is 15.7. The Labute approximate surface area is 88.8 Å². The number of hydrogen-bond donors (Lipinski definition) is 2. The number of rotatable bonds is 0. The molecular formula is C12H13N3. The van der Waals surface area contributed by atoms with Gasteiger partial charge >= 0.3 is 0 Å². The smallest absolute Gasteiger partial charge is 0.0664 e. The molecule has 0 atom stereocenters. The van der Waals surface area contributed by atoms with E-state index in [4.69, 9.17) is 5.84 Å². The third-order valence-corrected chi connectivity index (χ3v) is 2.95. The molecule has 3 nitrogen and oxygen atoms in total. The SMILES string of the molecule is NN1C=CC2=C(N1)c1ccccc1CC2. The van der Waals surface area contributed by atoms with Crippen LogP contribution >= 0.6 is 0 Å². The van der Waals surface area contributed by atoms with Crippen LogP contribution in [0, 0.1) is 0 Å². The maximum Gasteiger partial charge on any atom is 0.0664 e. The first-order chi connectivity index (χ1) is 7.34. The number of hydrogen-bond acceptors (Lipinski definition) is 3. The van der Waals surface area contributed by atoms with Crippen molar-refractivity contribution < 1.29 is 0 Å². The molecule has 0 amide bonds. The third kappa shape index (κ3) is 1.32. The van der Waals surface area contributed by atoms with Gasteiger partial charge in [-0.3, -0.25) is 5.43 Å². The number of benzene rings is 1. The summed E-state index contributed by atoms with van der Waals surface area (Å²) in [6.07, 6.45) is 6.14. The third-order valence-electron chi connectivity index (χ3n) is 2.95. The summed E-state index contributed by atoms with van der Waals surface area (Å²) in [6, 6.07) is 8.47. The Kier molecular flexibility index (Phi) is 1.79. The summed E-state index contributed by atoms with van der Waals surface area (Å²) in [5.41, 5.74) is 8.35. The topological polar surface area (TPSA) is 41.3 Å². The number of aryl methyl sites for hydroxylation is 1. The molecule has 1 aliphatic carbocycles. The quantitative estimate of drug-likeness (QED) is 0.623. The van der Waals surface area contributed by atoms with Gasteiger partial charge in [0.25, 0.3) is 0 Å². The van der Waals surface area contributed by atoms with Crippen LogP contribution in [0.5, 0.6) is 0 Å². The lowest BCUT2D eigenvalue weighted by molar-refractivity contribution is 0.332. The molecule has 0 bridgehead atoms. The fourth-order valence-electron chi connectivity index (χ4n) is 2.18. The normalized spacial score (nSPS) is 18.3. The second-order valence-electron chi connectivity index (χ2n) is 3.89. The van der Waals surface area contributed by atoms with Crippen LogP contribution in [0.2, 0.25) is 0 Å². The largest absolute Gasteiger partial charge is 0.284 e. The van der Waals surface area contributed by atoms with E-state index in [9.17, 15) is 0 Å². The van der Waals surface area contributed by atoms with Crippen molar-refractivity contribution in [1.29, 1.82) is 0 Å². The van der Waals surface area contributed by atoms with Gasteiger partial charge in [-0.2, -0.15) is 0 Å². The molecule has 0 saturated carbocycles. The van der Waals surface area contributed by atoms with E-state index in [2.05, 4.69) is 35.8 Å². The van der Waals surface area contributed by atoms with Gasteiger partial charge in [-0.15, -0.1) is 0 Å². The minimum absolute atomic E-state index is 1.09. The Bertz CT molecular complexity index is 460. The van der Waals surface area contributed by atoms with Crippen LogP contribution in [-0.2, 0) is 6.42 Å². The van der Waals surface area contributed by atoms with Crippen LogP contribution in [-0.4, -0.2) is 5.12 Å². The Morgan fingerprint density at radius 3 is 3.00 bits per heavy atom. The Morgan fingerprint density at radius 2 is 2.07 bits per heavy atom. The first-order valence-corrected chi connectivity index (χ1v) is 5.15. The van der Waals surface area contributed by atoms with Crippen LogP contribution in [0.1, 0.15) is 17.5 Å². The molecule has 0 radical (unpaired) electrons. The van der Waals surface area contributed by atoms with Gasteiger partial charge in [-0.25, -0.2) is 11.0 Å². The summed E-state index contributed by atoms with van der Waals surface area (Å²) in [6.45, 7) is 0. The average Bonchev–Trinajstić information content (AvgIpc) is 2.29. The highest BCUT2D eigenvalue weighted by Gasteiger charge is 2.19. The molecule has 1 aromatic carbocycles. The summed E-state index contributed by atoms with van der Waals surface area (Å²) in [4.78, 5) is 0. The van der Waals surface area contributed by atoms with E-state index >= 15 is 0 Å². The second kappa shape index (κ2) is 3.14. The van der Waals surface area contributed by atoms with Gasteiger partial charge in [0.05, 0.1) is 5.70 Å². The van der Waals surface area contributed by atoms with Gasteiger partial charge in [0.15, 0.2) is 0 Å². The minimum Gasteiger partial charge on any atom is -0.284 e. The first-order valence-electron chi connectivity index (χ1n) is 5.15. The van der Waals surface area contributed by atoms with Gasteiger partial charge in [-0.1, -0.05) is 24.3 Å². The molecule has 1 aliphatic heterocycles. The van der Waals surface area contributed by atoms with Gasteiger partial charge in [-0.05, 0) is 30.1 Å². The van der Waals surface area contributed by atoms with E-state index in [1.165, 1.54) is 21.8 Å². The lowest BCUT2D eigenvalue weighted by Gasteiger charge is -2.29. The zero-order chi connectivity index (χ0) is 10.3. The standard InChI is InChI=1S/C12H13N3/c13-15-8-7-10-6-5-9-3-1-2-4-11(9)12(10)14-15/h1-4,7-8,14H,5-6,13H2. The molecule has 3 rings (SSSR count). The molecule has 76 valence electrons. The van der Waals surface area contributed by atoms with Crippen molar-refractivity contribution in [1.82, 2.24) is 10.5 Å². The van der Waals surface area contributed by atoms with Crippen LogP contribution in [0.3, 0.4) is 0 Å². The predicted octanol–water partition coefficient (Wildman–Crippen LogP) is 1.55. The molecule has 0 unspecified atom stereocenters. The molecule has 15 heavy (non-hydrogen) atoms. The van der Waals surface area contributed by atoms with Crippen molar-refractivity contribution >= 4 is 5.70 Å². The highest BCUT2D eigenvalue weighted by Crippen LogP contribution is 2.31. The monoisotopic (exact) mass is 199 g/mol. The number of nitrogens with zero attached hydrogens (tertiary/aromatic N) is 1. The van der Waals surface area contributed by atoms with Gasteiger partial charge in [0.1, 0.15) is 0 Å². The molecule has 0 spiro atoms. The van der Waals surface area contributed by atoms with E-state index in [1.807, 2.05) is 6.20 Å². The lowest BCUT2D eigenvalue weighted by atomic mass is 9.89. The number of allylic oxidation sites excluding steroid dienone is 2. The average molecular weight is 199 g/mol. The summed E-state index contributed by atoms with van der Waals surface area (Å²) < 4.78 is 0. The second-order valence-corrected chi connectivity index (χ2v) is 3.89. The zero-order valence-electron chi connectivity index (χ0n) is 8.40. The molecular weight excluding hydrogens is 186 g/mol. The van der Waals surface area contributed by atoms with Crippen molar-refractivity contribution in [2.75, 3.05) is 0 Å². The van der Waals surface area contributed by atoms with Crippen molar-refractivity contribution in [2.24, 2.45) is 5.84 Å². The lowest BCUT2D eigenvalue weighted by Crippen LogP contribution is -2.41. The van der Waals surface area contributed by atoms with Crippen molar-refractivity contribution in [3.05, 3.63) is 53.2 Å². The molecule has 3 N–H and O–H groups in total. The summed E-state index contributed by atoms with van der Waals surface area (Å²) in [5.74, 6) is 5.70. The number of nitrogens with two attached hydrogens (primary N) is 1. The van der Waals surface area contributed by atoms with Crippen molar-refractivity contribution in [3.63, 3.8) is 0 Å². The van der Waals surface area contributed by atoms with Gasteiger partial charge < -0.3 is 0 Å². The summed E-state index contributed by atoms with van der Waals surface area (Å²) in [5, 5.41) is 1.50.